The van der Waals surface area contributed by atoms with Gasteiger partial charge in [0.2, 0.25) is 5.90 Å². The smallest absolute Gasteiger partial charge is 0.252 e. The molecule has 1 amide bonds. The largest absolute Gasteiger partial charge is 0.497 e. The van der Waals surface area contributed by atoms with Crippen LogP contribution in [0.1, 0.15) is 41.2 Å². The summed E-state index contributed by atoms with van der Waals surface area (Å²) in [6.45, 7) is 0.706. The molecule has 2 atom stereocenters. The van der Waals surface area contributed by atoms with Crippen LogP contribution in [0.4, 0.5) is 0 Å². The summed E-state index contributed by atoms with van der Waals surface area (Å²) in [5.74, 6) is 2.01. The second-order valence-electron chi connectivity index (χ2n) is 10.8. The Morgan fingerprint density at radius 3 is 2.30 bits per heavy atom. The van der Waals surface area contributed by atoms with Gasteiger partial charge in [-0.05, 0) is 65.2 Å². The van der Waals surface area contributed by atoms with Crippen LogP contribution in [-0.2, 0) is 16.1 Å². The highest BCUT2D eigenvalue weighted by Crippen LogP contribution is 2.43. The Kier molecular flexibility index (Phi) is 11.1. The number of aliphatic hydroxyl groups is 1. The number of rotatable bonds is 14. The fourth-order valence-corrected chi connectivity index (χ4v) is 5.46. The van der Waals surface area contributed by atoms with Gasteiger partial charge >= 0.3 is 0 Å². The van der Waals surface area contributed by atoms with E-state index < -0.39 is 11.6 Å². The van der Waals surface area contributed by atoms with Crippen LogP contribution in [-0.4, -0.2) is 49.9 Å². The van der Waals surface area contributed by atoms with Crippen molar-refractivity contribution in [1.82, 2.24) is 5.32 Å². The van der Waals surface area contributed by atoms with Crippen LogP contribution >= 0.6 is 15.9 Å². The maximum Gasteiger partial charge on any atom is 0.252 e. The van der Waals surface area contributed by atoms with Gasteiger partial charge in [0.05, 0.1) is 20.8 Å². The van der Waals surface area contributed by atoms with Gasteiger partial charge < -0.3 is 29.4 Å². The van der Waals surface area contributed by atoms with E-state index in [0.717, 1.165) is 26.7 Å². The van der Waals surface area contributed by atoms with E-state index in [0.29, 0.717) is 36.2 Å². The summed E-state index contributed by atoms with van der Waals surface area (Å²) >= 11 is 3.53. The normalized spacial score (nSPS) is 17.3. The highest BCUT2D eigenvalue weighted by Gasteiger charge is 2.52. The van der Waals surface area contributed by atoms with E-state index in [9.17, 15) is 4.79 Å². The number of aliphatic imine (C=N–C) groups is 1. The zero-order valence-electron chi connectivity index (χ0n) is 25.8. The van der Waals surface area contributed by atoms with E-state index in [1.807, 2.05) is 103 Å². The third-order valence-corrected chi connectivity index (χ3v) is 8.13. The van der Waals surface area contributed by atoms with Gasteiger partial charge in [-0.15, -0.1) is 0 Å². The van der Waals surface area contributed by atoms with E-state index in [-0.39, 0.29) is 25.5 Å². The van der Waals surface area contributed by atoms with Crippen LogP contribution in [0.15, 0.2) is 113 Å². The number of halogens is 1. The first kappa shape index (κ1) is 32.8. The molecular weight excluding hydrogens is 648 g/mol. The van der Waals surface area contributed by atoms with Crippen molar-refractivity contribution >= 4 is 33.8 Å². The van der Waals surface area contributed by atoms with Gasteiger partial charge in [-0.1, -0.05) is 70.5 Å². The Bertz CT molecular complexity index is 1640. The number of nitrogens with one attached hydrogen (secondary N) is 1. The lowest BCUT2D eigenvalue weighted by Crippen LogP contribution is -2.47. The number of hydrogen-bond acceptors (Lipinski definition) is 7. The SMILES string of the molecule is COc1cc(CNC(=O)[C@]2(C/C=C/c3ccccc3)N=C(c3ccc(OCCCO)cc3)O[C@@H]2c2ccc(Br)cc2)cc(OC)c1. The molecule has 1 aliphatic rings. The lowest BCUT2D eigenvalue weighted by Gasteiger charge is -2.30. The van der Waals surface area contributed by atoms with E-state index in [1.54, 1.807) is 20.3 Å². The Hall–Kier alpha value is -4.60. The van der Waals surface area contributed by atoms with Gasteiger partial charge in [0.25, 0.3) is 5.91 Å². The van der Waals surface area contributed by atoms with Crippen molar-refractivity contribution in [2.45, 2.75) is 31.0 Å². The summed E-state index contributed by atoms with van der Waals surface area (Å²) in [6, 6.07) is 30.6. The number of nitrogens with zero attached hydrogens (tertiary/aromatic N) is 1. The molecule has 0 aromatic heterocycles. The molecule has 1 heterocycles. The average Bonchev–Trinajstić information content (AvgIpc) is 3.49. The van der Waals surface area contributed by atoms with Crippen molar-refractivity contribution in [2.75, 3.05) is 27.4 Å². The highest BCUT2D eigenvalue weighted by molar-refractivity contribution is 9.10. The standard InChI is InChI=1S/C37H37BrN2O6/c1-43-32-22-27(23-33(24-32)44-2)25-39-36(42)37(19-6-10-26-8-4-3-5-9-26)34(28-11-15-30(38)16-12-28)46-35(40-37)29-13-17-31(18-14-29)45-21-7-20-41/h3-6,8-18,22-24,34,41H,7,19-21,25H2,1-2H3,(H,39,42)/b10-6+/t34-,37-/m1/s1. The van der Waals surface area contributed by atoms with Crippen LogP contribution in [0.2, 0.25) is 0 Å². The predicted octanol–water partition coefficient (Wildman–Crippen LogP) is 6.90. The minimum Gasteiger partial charge on any atom is -0.497 e. The number of hydrogen-bond donors (Lipinski definition) is 2. The molecule has 0 bridgehead atoms. The number of carbonyl (C=O) groups excluding carboxylic acids is 1. The number of amides is 1. The van der Waals surface area contributed by atoms with Crippen LogP contribution in [0.5, 0.6) is 17.2 Å². The summed E-state index contributed by atoms with van der Waals surface area (Å²) in [7, 11) is 3.18. The molecule has 1 aliphatic heterocycles. The van der Waals surface area contributed by atoms with Gasteiger partial charge in [0.15, 0.2) is 11.6 Å². The zero-order chi connectivity index (χ0) is 32.4. The van der Waals surface area contributed by atoms with Crippen LogP contribution < -0.4 is 19.5 Å². The minimum absolute atomic E-state index is 0.0639. The number of aliphatic hydroxyl groups excluding tert-OH is 1. The molecule has 2 N–H and O–H groups in total. The first-order valence-electron chi connectivity index (χ1n) is 15.0. The topological polar surface area (TPSA) is 98.6 Å². The molecule has 4 aromatic carbocycles. The molecule has 4 aromatic rings. The van der Waals surface area contributed by atoms with Gasteiger partial charge in [-0.25, -0.2) is 4.99 Å². The molecule has 0 unspecified atom stereocenters. The average molecular weight is 686 g/mol. The van der Waals surface area contributed by atoms with E-state index >= 15 is 0 Å². The number of methoxy groups -OCH3 is 2. The van der Waals surface area contributed by atoms with E-state index in [1.165, 1.54) is 0 Å². The molecule has 0 radical (unpaired) electrons. The van der Waals surface area contributed by atoms with Crippen LogP contribution in [0, 0.1) is 0 Å². The summed E-state index contributed by atoms with van der Waals surface area (Å²) < 4.78 is 24.1. The van der Waals surface area contributed by atoms with Gasteiger partial charge in [-0.3, -0.25) is 4.79 Å². The van der Waals surface area contributed by atoms with Crippen LogP contribution in [0.25, 0.3) is 6.08 Å². The number of benzene rings is 4. The van der Waals surface area contributed by atoms with Crippen molar-refractivity contribution in [3.63, 3.8) is 0 Å². The molecule has 46 heavy (non-hydrogen) atoms. The van der Waals surface area contributed by atoms with Crippen molar-refractivity contribution in [2.24, 2.45) is 4.99 Å². The lowest BCUT2D eigenvalue weighted by atomic mass is 9.84. The minimum atomic E-state index is -1.33. The van der Waals surface area contributed by atoms with Crippen molar-refractivity contribution < 1.29 is 28.8 Å². The Balaban J connectivity index is 1.52. The molecule has 9 heteroatoms. The molecule has 0 saturated heterocycles. The van der Waals surface area contributed by atoms with E-state index in [2.05, 4.69) is 21.2 Å². The molecule has 0 aliphatic carbocycles. The monoisotopic (exact) mass is 684 g/mol. The summed E-state index contributed by atoms with van der Waals surface area (Å²) in [4.78, 5) is 19.6. The second-order valence-corrected chi connectivity index (χ2v) is 11.7. The third kappa shape index (κ3) is 7.97. The third-order valence-electron chi connectivity index (χ3n) is 7.61. The molecule has 0 spiro atoms. The molecule has 8 nitrogen and oxygen atoms in total. The van der Waals surface area contributed by atoms with Gasteiger partial charge in [0.1, 0.15) is 17.2 Å². The fraction of sp³-hybridized carbons (Fsp3) is 0.243. The second kappa shape index (κ2) is 15.6. The lowest BCUT2D eigenvalue weighted by molar-refractivity contribution is -0.129. The Labute approximate surface area is 277 Å². The molecule has 0 saturated carbocycles. The number of carbonyl (C=O) groups is 1. The van der Waals surface area contributed by atoms with E-state index in [4.69, 9.17) is 29.0 Å². The molecule has 0 fully saturated rings. The zero-order valence-corrected chi connectivity index (χ0v) is 27.4. The highest BCUT2D eigenvalue weighted by atomic mass is 79.9. The van der Waals surface area contributed by atoms with Crippen molar-refractivity contribution in [3.05, 3.63) is 130 Å². The molecule has 238 valence electrons. The first-order chi connectivity index (χ1) is 22.4. The van der Waals surface area contributed by atoms with Crippen molar-refractivity contribution in [1.29, 1.82) is 0 Å². The van der Waals surface area contributed by atoms with Gasteiger partial charge in [0, 0.05) is 42.1 Å². The fourth-order valence-electron chi connectivity index (χ4n) is 5.20. The summed E-state index contributed by atoms with van der Waals surface area (Å²) in [5.41, 5.74) is 2.04. The predicted molar refractivity (Wildman–Crippen MR) is 182 cm³/mol. The first-order valence-corrected chi connectivity index (χ1v) is 15.8. The maximum atomic E-state index is 14.5. The quantitative estimate of drug-likeness (QED) is 0.140. The number of ether oxygens (including phenoxy) is 4. The Morgan fingerprint density at radius 2 is 1.65 bits per heavy atom. The summed E-state index contributed by atoms with van der Waals surface area (Å²) in [5, 5.41) is 12.2. The van der Waals surface area contributed by atoms with Gasteiger partial charge in [-0.2, -0.15) is 0 Å². The van der Waals surface area contributed by atoms with Crippen molar-refractivity contribution in [3.8, 4) is 17.2 Å². The Morgan fingerprint density at radius 1 is 0.957 bits per heavy atom. The maximum absolute atomic E-state index is 14.5. The van der Waals surface area contributed by atoms with Crippen LogP contribution in [0.3, 0.4) is 0 Å². The summed E-state index contributed by atoms with van der Waals surface area (Å²) in [6.07, 6.45) is 4.08. The molecular formula is C37H37BrN2O6. The molecule has 5 rings (SSSR count).